The SMILES string of the molecule is Cc1ccc(C(=O)CCC(=O)N2CCCC(C(C)N)C2)cc1.Cl. The number of amides is 1. The molecule has 0 spiro atoms. The molecule has 1 aromatic carbocycles. The summed E-state index contributed by atoms with van der Waals surface area (Å²) in [7, 11) is 0. The number of hydrogen-bond donors (Lipinski definition) is 1. The minimum atomic E-state index is 0. The number of rotatable bonds is 5. The molecule has 1 heterocycles. The first-order chi connectivity index (χ1) is 10.5. The first kappa shape index (κ1) is 19.7. The molecule has 0 aromatic heterocycles. The first-order valence-electron chi connectivity index (χ1n) is 8.10. The molecule has 23 heavy (non-hydrogen) atoms. The Hall–Kier alpha value is -1.39. The quantitative estimate of drug-likeness (QED) is 0.839. The molecule has 1 amide bonds. The van der Waals surface area contributed by atoms with Crippen molar-refractivity contribution in [2.75, 3.05) is 13.1 Å². The summed E-state index contributed by atoms with van der Waals surface area (Å²) in [5.41, 5.74) is 7.76. The number of carbonyl (C=O) groups excluding carboxylic acids is 2. The van der Waals surface area contributed by atoms with Gasteiger partial charge in [0.1, 0.15) is 0 Å². The van der Waals surface area contributed by atoms with Gasteiger partial charge >= 0.3 is 0 Å². The molecule has 128 valence electrons. The summed E-state index contributed by atoms with van der Waals surface area (Å²) in [6, 6.07) is 7.62. The minimum Gasteiger partial charge on any atom is -0.342 e. The molecule has 1 saturated heterocycles. The van der Waals surface area contributed by atoms with E-state index in [0.717, 1.165) is 31.5 Å². The Morgan fingerprint density at radius 3 is 2.52 bits per heavy atom. The highest BCUT2D eigenvalue weighted by Crippen LogP contribution is 2.20. The number of hydrogen-bond acceptors (Lipinski definition) is 3. The van der Waals surface area contributed by atoms with Crippen LogP contribution in [0.1, 0.15) is 48.5 Å². The Morgan fingerprint density at radius 1 is 1.26 bits per heavy atom. The Balaban J connectivity index is 0.00000264. The van der Waals surface area contributed by atoms with Crippen LogP contribution in [0, 0.1) is 12.8 Å². The Bertz CT molecular complexity index is 528. The summed E-state index contributed by atoms with van der Waals surface area (Å²) in [5, 5.41) is 0. The molecule has 1 aromatic rings. The van der Waals surface area contributed by atoms with Crippen LogP contribution in [0.3, 0.4) is 0 Å². The van der Waals surface area contributed by atoms with Gasteiger partial charge in [-0.15, -0.1) is 12.4 Å². The average Bonchev–Trinajstić information content (AvgIpc) is 2.53. The largest absolute Gasteiger partial charge is 0.342 e. The fourth-order valence-electron chi connectivity index (χ4n) is 2.93. The van der Waals surface area contributed by atoms with Crippen molar-refractivity contribution in [3.05, 3.63) is 35.4 Å². The van der Waals surface area contributed by atoms with Crippen LogP contribution in [-0.4, -0.2) is 35.7 Å². The fourth-order valence-corrected chi connectivity index (χ4v) is 2.93. The van der Waals surface area contributed by atoms with Crippen LogP contribution in [0.4, 0.5) is 0 Å². The number of nitrogens with two attached hydrogens (primary N) is 1. The molecule has 0 aliphatic carbocycles. The molecule has 0 saturated carbocycles. The van der Waals surface area contributed by atoms with E-state index in [-0.39, 0.29) is 36.6 Å². The summed E-state index contributed by atoms with van der Waals surface area (Å²) >= 11 is 0. The number of benzene rings is 1. The van der Waals surface area contributed by atoms with E-state index in [0.29, 0.717) is 17.9 Å². The Kier molecular flexibility index (Phi) is 7.73. The second-order valence-electron chi connectivity index (χ2n) is 6.39. The molecule has 1 aliphatic heterocycles. The van der Waals surface area contributed by atoms with Gasteiger partial charge in [-0.3, -0.25) is 9.59 Å². The van der Waals surface area contributed by atoms with Gasteiger partial charge in [0.2, 0.25) is 5.91 Å². The third-order valence-electron chi connectivity index (χ3n) is 4.49. The number of aryl methyl sites for hydroxylation is 1. The number of carbonyl (C=O) groups is 2. The minimum absolute atomic E-state index is 0. The third-order valence-corrected chi connectivity index (χ3v) is 4.49. The summed E-state index contributed by atoms with van der Waals surface area (Å²) in [6.07, 6.45) is 2.66. The molecule has 0 radical (unpaired) electrons. The van der Waals surface area contributed by atoms with E-state index >= 15 is 0 Å². The number of piperidine rings is 1. The number of likely N-dealkylation sites (tertiary alicyclic amines) is 1. The number of nitrogens with zero attached hydrogens (tertiary/aromatic N) is 1. The van der Waals surface area contributed by atoms with Gasteiger partial charge in [0, 0.05) is 37.5 Å². The van der Waals surface area contributed by atoms with Gasteiger partial charge < -0.3 is 10.6 Å². The molecule has 2 rings (SSSR count). The molecule has 4 nitrogen and oxygen atoms in total. The van der Waals surface area contributed by atoms with Crippen molar-refractivity contribution in [1.82, 2.24) is 4.90 Å². The van der Waals surface area contributed by atoms with Crippen molar-refractivity contribution in [3.8, 4) is 0 Å². The first-order valence-corrected chi connectivity index (χ1v) is 8.10. The maximum atomic E-state index is 12.3. The van der Waals surface area contributed by atoms with E-state index in [9.17, 15) is 9.59 Å². The predicted molar refractivity (Wildman–Crippen MR) is 94.9 cm³/mol. The smallest absolute Gasteiger partial charge is 0.223 e. The summed E-state index contributed by atoms with van der Waals surface area (Å²) in [4.78, 5) is 26.3. The fraction of sp³-hybridized carbons (Fsp3) is 0.556. The highest BCUT2D eigenvalue weighted by molar-refractivity contribution is 5.97. The molecule has 2 N–H and O–H groups in total. The van der Waals surface area contributed by atoms with Crippen molar-refractivity contribution in [2.45, 2.75) is 45.6 Å². The Morgan fingerprint density at radius 2 is 1.91 bits per heavy atom. The molecule has 1 aliphatic rings. The number of Topliss-reactive ketones (excluding diaryl/α,β-unsaturated/α-hetero) is 1. The maximum absolute atomic E-state index is 12.3. The summed E-state index contributed by atoms with van der Waals surface area (Å²) in [5.74, 6) is 0.491. The second-order valence-corrected chi connectivity index (χ2v) is 6.39. The lowest BCUT2D eigenvalue weighted by Crippen LogP contribution is -2.45. The topological polar surface area (TPSA) is 63.4 Å². The van der Waals surface area contributed by atoms with E-state index in [2.05, 4.69) is 0 Å². The van der Waals surface area contributed by atoms with Gasteiger partial charge in [0.15, 0.2) is 5.78 Å². The molecule has 0 bridgehead atoms. The van der Waals surface area contributed by atoms with Crippen LogP contribution in [0.5, 0.6) is 0 Å². The number of ketones is 1. The van der Waals surface area contributed by atoms with Crippen LogP contribution < -0.4 is 5.73 Å². The van der Waals surface area contributed by atoms with Crippen LogP contribution in [0.15, 0.2) is 24.3 Å². The molecule has 5 heteroatoms. The van der Waals surface area contributed by atoms with Crippen molar-refractivity contribution in [3.63, 3.8) is 0 Å². The van der Waals surface area contributed by atoms with Gasteiger partial charge in [-0.05, 0) is 32.6 Å². The van der Waals surface area contributed by atoms with E-state index < -0.39 is 0 Å². The third kappa shape index (κ3) is 5.63. The average molecular weight is 339 g/mol. The van der Waals surface area contributed by atoms with E-state index in [1.54, 1.807) is 0 Å². The zero-order chi connectivity index (χ0) is 16.1. The lowest BCUT2D eigenvalue weighted by Gasteiger charge is -2.34. The van der Waals surface area contributed by atoms with Crippen molar-refractivity contribution < 1.29 is 9.59 Å². The van der Waals surface area contributed by atoms with Gasteiger partial charge in [-0.2, -0.15) is 0 Å². The molecular formula is C18H27ClN2O2. The van der Waals surface area contributed by atoms with Crippen LogP contribution in [0.2, 0.25) is 0 Å². The van der Waals surface area contributed by atoms with Crippen LogP contribution in [0.25, 0.3) is 0 Å². The predicted octanol–water partition coefficient (Wildman–Crippen LogP) is 2.97. The van der Waals surface area contributed by atoms with Gasteiger partial charge in [-0.25, -0.2) is 0 Å². The highest BCUT2D eigenvalue weighted by Gasteiger charge is 2.25. The zero-order valence-electron chi connectivity index (χ0n) is 14.0. The number of halogens is 1. The van der Waals surface area contributed by atoms with Crippen molar-refractivity contribution in [2.24, 2.45) is 11.7 Å². The summed E-state index contributed by atoms with van der Waals surface area (Å²) in [6.45, 7) is 5.51. The molecular weight excluding hydrogens is 312 g/mol. The normalized spacial score (nSPS) is 18.9. The van der Waals surface area contributed by atoms with Crippen LogP contribution >= 0.6 is 12.4 Å². The monoisotopic (exact) mass is 338 g/mol. The van der Waals surface area contributed by atoms with Gasteiger partial charge in [0.05, 0.1) is 0 Å². The Labute approximate surface area is 144 Å². The molecule has 2 atom stereocenters. The second kappa shape index (κ2) is 9.04. The molecule has 2 unspecified atom stereocenters. The highest BCUT2D eigenvalue weighted by atomic mass is 35.5. The van der Waals surface area contributed by atoms with Gasteiger partial charge in [-0.1, -0.05) is 29.8 Å². The lowest BCUT2D eigenvalue weighted by atomic mass is 9.92. The van der Waals surface area contributed by atoms with Crippen molar-refractivity contribution in [1.29, 1.82) is 0 Å². The summed E-state index contributed by atoms with van der Waals surface area (Å²) < 4.78 is 0. The van der Waals surface area contributed by atoms with Gasteiger partial charge in [0.25, 0.3) is 0 Å². The van der Waals surface area contributed by atoms with E-state index in [1.807, 2.05) is 43.0 Å². The van der Waals surface area contributed by atoms with Crippen LogP contribution in [-0.2, 0) is 4.79 Å². The van der Waals surface area contributed by atoms with Crippen molar-refractivity contribution >= 4 is 24.1 Å². The lowest BCUT2D eigenvalue weighted by molar-refractivity contribution is -0.133. The zero-order valence-corrected chi connectivity index (χ0v) is 14.8. The maximum Gasteiger partial charge on any atom is 0.223 e. The molecule has 1 fully saturated rings. The standard InChI is InChI=1S/C18H26N2O2.ClH/c1-13-5-7-15(8-6-13)17(21)9-10-18(22)20-11-3-4-16(12-20)14(2)19;/h5-8,14,16H,3-4,9-12,19H2,1-2H3;1H. The van der Waals surface area contributed by atoms with E-state index in [1.165, 1.54) is 0 Å². The van der Waals surface area contributed by atoms with E-state index in [4.69, 9.17) is 5.73 Å².